The van der Waals surface area contributed by atoms with Crippen LogP contribution in [-0.4, -0.2) is 35.3 Å². The lowest BCUT2D eigenvalue weighted by molar-refractivity contribution is -0.128. The van der Waals surface area contributed by atoms with Gasteiger partial charge in [-0.15, -0.1) is 0 Å². The normalized spacial score (nSPS) is 10.6. The van der Waals surface area contributed by atoms with Gasteiger partial charge in [0, 0.05) is 32.4 Å². The number of ketones is 1. The van der Waals surface area contributed by atoms with Crippen molar-refractivity contribution in [2.75, 3.05) is 14.1 Å². The van der Waals surface area contributed by atoms with Gasteiger partial charge in [-0.2, -0.15) is 0 Å². The molecule has 1 amide bonds. The van der Waals surface area contributed by atoms with Crippen LogP contribution in [0.3, 0.4) is 0 Å². The average molecular weight is 298 g/mol. The first-order valence-electron chi connectivity index (χ1n) is 7.28. The third kappa shape index (κ3) is 2.96. The molecule has 0 aliphatic rings. The number of aryl methyl sites for hydroxylation is 2. The Kier molecular flexibility index (Phi) is 4.50. The molecule has 0 saturated carbocycles. The smallest absolute Gasteiger partial charge is 0.227 e. The van der Waals surface area contributed by atoms with Crippen LogP contribution in [-0.2, 0) is 18.3 Å². The summed E-state index contributed by atoms with van der Waals surface area (Å²) in [5, 5.41) is 0. The molecule has 2 aromatic rings. The summed E-state index contributed by atoms with van der Waals surface area (Å²) in [6.07, 6.45) is 0.297. The Hall–Kier alpha value is -2.36. The Morgan fingerprint density at radius 3 is 2.32 bits per heavy atom. The lowest BCUT2D eigenvalue weighted by Gasteiger charge is -2.12. The van der Waals surface area contributed by atoms with Crippen molar-refractivity contribution in [1.82, 2.24) is 9.47 Å². The molecular weight excluding hydrogens is 276 g/mol. The highest BCUT2D eigenvalue weighted by molar-refractivity contribution is 6.10. The Morgan fingerprint density at radius 2 is 1.73 bits per heavy atom. The summed E-state index contributed by atoms with van der Waals surface area (Å²) in [6, 6.07) is 9.49. The zero-order valence-electron chi connectivity index (χ0n) is 13.8. The molecule has 0 fully saturated rings. The Balaban J connectivity index is 2.41. The maximum atomic E-state index is 12.8. The van der Waals surface area contributed by atoms with Gasteiger partial charge in [-0.25, -0.2) is 0 Å². The molecule has 0 saturated heterocycles. The first kappa shape index (κ1) is 16.0. The minimum atomic E-state index is 0.00153. The summed E-state index contributed by atoms with van der Waals surface area (Å²) in [7, 11) is 5.31. The van der Waals surface area contributed by atoms with E-state index in [4.69, 9.17) is 0 Å². The number of hydrogen-bond donors (Lipinski definition) is 0. The molecule has 0 radical (unpaired) electrons. The monoisotopic (exact) mass is 298 g/mol. The van der Waals surface area contributed by atoms with E-state index in [0.29, 0.717) is 17.7 Å². The molecule has 22 heavy (non-hydrogen) atoms. The van der Waals surface area contributed by atoms with Crippen LogP contribution in [0.15, 0.2) is 30.3 Å². The van der Waals surface area contributed by atoms with Gasteiger partial charge >= 0.3 is 0 Å². The van der Waals surface area contributed by atoms with Crippen LogP contribution in [0.4, 0.5) is 0 Å². The second-order valence-electron chi connectivity index (χ2n) is 5.84. The molecule has 4 nitrogen and oxygen atoms in total. The molecule has 2 rings (SSSR count). The van der Waals surface area contributed by atoms with Crippen molar-refractivity contribution in [1.29, 1.82) is 0 Å². The summed E-state index contributed by atoms with van der Waals surface area (Å²) < 4.78 is 1.84. The van der Waals surface area contributed by atoms with Gasteiger partial charge in [-0.3, -0.25) is 9.59 Å². The second kappa shape index (κ2) is 6.18. The van der Waals surface area contributed by atoms with E-state index in [1.165, 1.54) is 0 Å². The van der Waals surface area contributed by atoms with Gasteiger partial charge in [0.15, 0.2) is 0 Å². The first-order valence-corrected chi connectivity index (χ1v) is 7.28. The summed E-state index contributed by atoms with van der Waals surface area (Å²) in [4.78, 5) is 26.3. The maximum absolute atomic E-state index is 12.8. The molecule has 0 spiro atoms. The van der Waals surface area contributed by atoms with Gasteiger partial charge < -0.3 is 9.47 Å². The van der Waals surface area contributed by atoms with Gasteiger partial charge in [0.1, 0.15) is 0 Å². The Bertz CT molecular complexity index is 727. The number of hydrogen-bond acceptors (Lipinski definition) is 2. The van der Waals surface area contributed by atoms with Gasteiger partial charge in [0.2, 0.25) is 11.7 Å². The number of rotatable bonds is 4. The van der Waals surface area contributed by atoms with Crippen LogP contribution in [0.2, 0.25) is 0 Å². The molecule has 0 atom stereocenters. The fourth-order valence-electron chi connectivity index (χ4n) is 2.59. The fraction of sp³-hybridized carbons (Fsp3) is 0.333. The van der Waals surface area contributed by atoms with Crippen molar-refractivity contribution < 1.29 is 9.59 Å². The second-order valence-corrected chi connectivity index (χ2v) is 5.84. The van der Waals surface area contributed by atoms with Crippen LogP contribution in [0.25, 0.3) is 0 Å². The molecule has 1 heterocycles. The van der Waals surface area contributed by atoms with Crippen LogP contribution in [0.1, 0.15) is 32.9 Å². The third-order valence-corrected chi connectivity index (χ3v) is 3.96. The van der Waals surface area contributed by atoms with E-state index in [0.717, 1.165) is 16.8 Å². The number of benzene rings is 1. The van der Waals surface area contributed by atoms with E-state index >= 15 is 0 Å². The summed E-state index contributed by atoms with van der Waals surface area (Å²) in [6.45, 7) is 3.84. The van der Waals surface area contributed by atoms with E-state index in [1.54, 1.807) is 19.0 Å². The Labute approximate surface area is 131 Å². The van der Waals surface area contributed by atoms with E-state index in [-0.39, 0.29) is 11.7 Å². The fourth-order valence-corrected chi connectivity index (χ4v) is 2.59. The highest BCUT2D eigenvalue weighted by Gasteiger charge is 2.20. The highest BCUT2D eigenvalue weighted by Crippen LogP contribution is 2.20. The molecule has 116 valence electrons. The molecule has 0 aliphatic heterocycles. The van der Waals surface area contributed by atoms with Gasteiger partial charge in [-0.1, -0.05) is 24.3 Å². The molecule has 4 heteroatoms. The van der Waals surface area contributed by atoms with Gasteiger partial charge in [-0.05, 0) is 31.0 Å². The molecular formula is C18H22N2O2. The molecule has 0 N–H and O–H groups in total. The zero-order valence-corrected chi connectivity index (χ0v) is 13.8. The number of carbonyl (C=O) groups is 2. The minimum absolute atomic E-state index is 0.00153. The van der Waals surface area contributed by atoms with Crippen molar-refractivity contribution >= 4 is 11.7 Å². The van der Waals surface area contributed by atoms with Crippen LogP contribution in [0.5, 0.6) is 0 Å². The van der Waals surface area contributed by atoms with E-state index in [2.05, 4.69) is 0 Å². The molecule has 0 bridgehead atoms. The predicted molar refractivity (Wildman–Crippen MR) is 87.2 cm³/mol. The van der Waals surface area contributed by atoms with Crippen molar-refractivity contribution in [3.8, 4) is 0 Å². The van der Waals surface area contributed by atoms with Crippen molar-refractivity contribution in [3.63, 3.8) is 0 Å². The number of amides is 1. The molecule has 1 aromatic heterocycles. The SMILES string of the molecule is Cc1ccccc1C(=O)c1c(C)cc(CC(=O)N(C)C)n1C. The Morgan fingerprint density at radius 1 is 1.09 bits per heavy atom. The van der Waals surface area contributed by atoms with Gasteiger partial charge in [0.25, 0.3) is 0 Å². The summed E-state index contributed by atoms with van der Waals surface area (Å²) >= 11 is 0. The largest absolute Gasteiger partial charge is 0.348 e. The number of likely N-dealkylation sites (N-methyl/N-ethyl adjacent to an activating group) is 1. The van der Waals surface area contributed by atoms with Crippen LogP contribution in [0, 0.1) is 13.8 Å². The standard InChI is InChI=1S/C18H22N2O2/c1-12-8-6-7-9-15(12)18(22)17-13(2)10-14(20(17)5)11-16(21)19(3)4/h6-10H,11H2,1-5H3. The van der Waals surface area contributed by atoms with Crippen molar-refractivity contribution in [2.24, 2.45) is 7.05 Å². The van der Waals surface area contributed by atoms with E-state index in [1.807, 2.05) is 55.8 Å². The lowest BCUT2D eigenvalue weighted by atomic mass is 10.0. The maximum Gasteiger partial charge on any atom is 0.227 e. The molecule has 0 aliphatic carbocycles. The quantitative estimate of drug-likeness (QED) is 0.814. The first-order chi connectivity index (χ1) is 10.3. The topological polar surface area (TPSA) is 42.3 Å². The molecule has 1 aromatic carbocycles. The summed E-state index contributed by atoms with van der Waals surface area (Å²) in [5.74, 6) is 0.0251. The van der Waals surface area contributed by atoms with E-state index < -0.39 is 0 Å². The van der Waals surface area contributed by atoms with E-state index in [9.17, 15) is 9.59 Å². The van der Waals surface area contributed by atoms with Crippen molar-refractivity contribution in [3.05, 3.63) is 58.4 Å². The minimum Gasteiger partial charge on any atom is -0.348 e. The zero-order chi connectivity index (χ0) is 16.4. The predicted octanol–water partition coefficient (Wildman–Crippen LogP) is 2.50. The summed E-state index contributed by atoms with van der Waals surface area (Å²) in [5.41, 5.74) is 4.07. The average Bonchev–Trinajstić information content (AvgIpc) is 2.73. The van der Waals surface area contributed by atoms with Gasteiger partial charge in [0.05, 0.1) is 12.1 Å². The van der Waals surface area contributed by atoms with Crippen molar-refractivity contribution in [2.45, 2.75) is 20.3 Å². The van der Waals surface area contributed by atoms with Crippen LogP contribution >= 0.6 is 0 Å². The highest BCUT2D eigenvalue weighted by atomic mass is 16.2. The number of aromatic nitrogens is 1. The van der Waals surface area contributed by atoms with Crippen LogP contribution < -0.4 is 0 Å². The third-order valence-electron chi connectivity index (χ3n) is 3.96. The molecule has 0 unspecified atom stereocenters. The lowest BCUT2D eigenvalue weighted by Crippen LogP contribution is -2.24. The number of carbonyl (C=O) groups excluding carboxylic acids is 2. The number of nitrogens with zero attached hydrogens (tertiary/aromatic N) is 2.